The molecule has 1 fully saturated rings. The van der Waals surface area contributed by atoms with Crippen molar-refractivity contribution in [2.75, 3.05) is 6.61 Å². The first kappa shape index (κ1) is 11.9. The second-order valence-corrected chi connectivity index (χ2v) is 3.77. The molecule has 1 aliphatic rings. The first-order valence-electron chi connectivity index (χ1n) is 5.50. The first-order valence-corrected chi connectivity index (χ1v) is 5.50. The molecule has 5 nitrogen and oxygen atoms in total. The van der Waals surface area contributed by atoms with Gasteiger partial charge in [0.2, 0.25) is 0 Å². The van der Waals surface area contributed by atoms with Gasteiger partial charge < -0.3 is 4.74 Å². The number of azide groups is 1. The predicted octanol–water partition coefficient (Wildman–Crippen LogP) is 2.81. The highest BCUT2D eigenvalue weighted by atomic mass is 16.5. The van der Waals surface area contributed by atoms with Crippen molar-refractivity contribution in [3.05, 3.63) is 10.4 Å². The van der Waals surface area contributed by atoms with Crippen molar-refractivity contribution < 1.29 is 9.53 Å². The lowest BCUT2D eigenvalue weighted by molar-refractivity contribution is -0.148. The minimum Gasteiger partial charge on any atom is -0.466 e. The SMILES string of the molecule is CCOC(=O)[C@@H]1CCCCC[C@H]1N=[N+]=[N-]. The largest absolute Gasteiger partial charge is 0.466 e. The molecule has 0 saturated heterocycles. The van der Waals surface area contributed by atoms with Crippen LogP contribution in [0.15, 0.2) is 5.11 Å². The topological polar surface area (TPSA) is 75.1 Å². The van der Waals surface area contributed by atoms with E-state index in [0.717, 1.165) is 32.1 Å². The van der Waals surface area contributed by atoms with Crippen LogP contribution in [-0.4, -0.2) is 18.6 Å². The van der Waals surface area contributed by atoms with E-state index in [9.17, 15) is 4.79 Å². The molecule has 0 spiro atoms. The smallest absolute Gasteiger partial charge is 0.309 e. The molecule has 0 N–H and O–H groups in total. The van der Waals surface area contributed by atoms with Crippen molar-refractivity contribution in [2.24, 2.45) is 11.0 Å². The molecule has 1 aliphatic carbocycles. The van der Waals surface area contributed by atoms with Gasteiger partial charge in [-0.1, -0.05) is 24.4 Å². The van der Waals surface area contributed by atoms with Gasteiger partial charge in [0.05, 0.1) is 18.6 Å². The fourth-order valence-corrected chi connectivity index (χ4v) is 2.02. The molecule has 0 heterocycles. The van der Waals surface area contributed by atoms with Gasteiger partial charge in [-0.2, -0.15) is 0 Å². The van der Waals surface area contributed by atoms with E-state index >= 15 is 0 Å². The Labute approximate surface area is 89.4 Å². The van der Waals surface area contributed by atoms with Crippen LogP contribution >= 0.6 is 0 Å². The van der Waals surface area contributed by atoms with Crippen LogP contribution in [0.1, 0.15) is 39.0 Å². The molecule has 0 bridgehead atoms. The molecule has 15 heavy (non-hydrogen) atoms. The zero-order valence-electron chi connectivity index (χ0n) is 9.06. The van der Waals surface area contributed by atoms with Crippen molar-refractivity contribution in [1.82, 2.24) is 0 Å². The van der Waals surface area contributed by atoms with E-state index in [-0.39, 0.29) is 17.9 Å². The average Bonchev–Trinajstić information content (AvgIpc) is 2.44. The summed E-state index contributed by atoms with van der Waals surface area (Å²) in [6.45, 7) is 2.18. The molecule has 0 aromatic carbocycles. The minimum atomic E-state index is -0.233. The lowest BCUT2D eigenvalue weighted by atomic mass is 9.96. The Bertz CT molecular complexity index is 261. The zero-order chi connectivity index (χ0) is 11.1. The number of nitrogens with zero attached hydrogens (tertiary/aromatic N) is 3. The number of hydrogen-bond donors (Lipinski definition) is 0. The highest BCUT2D eigenvalue weighted by Crippen LogP contribution is 2.27. The molecule has 0 amide bonds. The van der Waals surface area contributed by atoms with Crippen LogP contribution in [0.25, 0.3) is 10.4 Å². The third-order valence-corrected chi connectivity index (χ3v) is 2.77. The number of hydrogen-bond acceptors (Lipinski definition) is 3. The van der Waals surface area contributed by atoms with Crippen LogP contribution in [0.4, 0.5) is 0 Å². The normalized spacial score (nSPS) is 26.2. The van der Waals surface area contributed by atoms with Crippen LogP contribution < -0.4 is 0 Å². The third-order valence-electron chi connectivity index (χ3n) is 2.77. The van der Waals surface area contributed by atoms with Crippen LogP contribution in [-0.2, 0) is 9.53 Å². The van der Waals surface area contributed by atoms with Gasteiger partial charge in [0.25, 0.3) is 0 Å². The van der Waals surface area contributed by atoms with Gasteiger partial charge in [-0.3, -0.25) is 4.79 Å². The molecular formula is C10H17N3O2. The Kier molecular flexibility index (Phi) is 4.98. The zero-order valence-corrected chi connectivity index (χ0v) is 9.06. The van der Waals surface area contributed by atoms with Crippen molar-refractivity contribution in [1.29, 1.82) is 0 Å². The maximum Gasteiger partial charge on any atom is 0.309 e. The second kappa shape index (κ2) is 6.30. The maximum absolute atomic E-state index is 11.6. The van der Waals surface area contributed by atoms with Gasteiger partial charge in [-0.25, -0.2) is 0 Å². The monoisotopic (exact) mass is 211 g/mol. The first-order chi connectivity index (χ1) is 7.29. The summed E-state index contributed by atoms with van der Waals surface area (Å²) in [6, 6.07) is -0.212. The number of ether oxygens (including phenoxy) is 1. The van der Waals surface area contributed by atoms with Crippen LogP contribution in [0.5, 0.6) is 0 Å². The number of rotatable bonds is 3. The number of esters is 1. The molecule has 2 atom stereocenters. The summed E-state index contributed by atoms with van der Waals surface area (Å²) in [7, 11) is 0. The van der Waals surface area contributed by atoms with Crippen molar-refractivity contribution in [3.8, 4) is 0 Å². The maximum atomic E-state index is 11.6. The number of carbonyl (C=O) groups excluding carboxylic acids is 1. The lowest BCUT2D eigenvalue weighted by Crippen LogP contribution is -2.27. The van der Waals surface area contributed by atoms with Gasteiger partial charge in [-0.15, -0.1) is 0 Å². The van der Waals surface area contributed by atoms with Crippen molar-refractivity contribution in [3.63, 3.8) is 0 Å². The van der Waals surface area contributed by atoms with Crippen molar-refractivity contribution >= 4 is 5.97 Å². The summed E-state index contributed by atoms with van der Waals surface area (Å²) in [5.41, 5.74) is 8.45. The van der Waals surface area contributed by atoms with E-state index in [2.05, 4.69) is 10.0 Å². The Balaban J connectivity index is 2.69. The van der Waals surface area contributed by atoms with Crippen molar-refractivity contribution in [2.45, 2.75) is 45.1 Å². The summed E-state index contributed by atoms with van der Waals surface area (Å²) in [4.78, 5) is 14.4. The molecule has 5 heteroatoms. The van der Waals surface area contributed by atoms with E-state index in [1.165, 1.54) is 0 Å². The van der Waals surface area contributed by atoms with Gasteiger partial charge in [0.15, 0.2) is 0 Å². The van der Waals surface area contributed by atoms with Gasteiger partial charge >= 0.3 is 5.97 Å². The van der Waals surface area contributed by atoms with E-state index in [1.54, 1.807) is 6.92 Å². The fourth-order valence-electron chi connectivity index (χ4n) is 2.02. The van der Waals surface area contributed by atoms with E-state index in [4.69, 9.17) is 10.3 Å². The molecule has 0 unspecified atom stereocenters. The summed E-state index contributed by atoms with van der Waals surface area (Å²) in [5, 5.41) is 3.71. The summed E-state index contributed by atoms with van der Waals surface area (Å²) < 4.78 is 4.99. The molecule has 84 valence electrons. The Morgan fingerprint density at radius 2 is 2.20 bits per heavy atom. The summed E-state index contributed by atoms with van der Waals surface area (Å²) in [5.74, 6) is -0.444. The number of carbonyl (C=O) groups is 1. The summed E-state index contributed by atoms with van der Waals surface area (Å²) >= 11 is 0. The Hall–Kier alpha value is -1.22. The highest BCUT2D eigenvalue weighted by molar-refractivity contribution is 5.73. The van der Waals surface area contributed by atoms with Gasteiger partial charge in [0.1, 0.15) is 0 Å². The molecule has 0 aliphatic heterocycles. The summed E-state index contributed by atoms with van der Waals surface area (Å²) in [6.07, 6.45) is 4.73. The highest BCUT2D eigenvalue weighted by Gasteiger charge is 2.29. The van der Waals surface area contributed by atoms with Crippen LogP contribution in [0, 0.1) is 5.92 Å². The van der Waals surface area contributed by atoms with Crippen LogP contribution in [0.3, 0.4) is 0 Å². The minimum absolute atomic E-state index is 0.211. The molecule has 1 saturated carbocycles. The standard InChI is InChI=1S/C10H17N3O2/c1-2-15-10(14)8-6-4-3-5-7-9(8)12-13-11/h8-9H,2-7H2,1H3/t8-,9-/m1/s1. The fraction of sp³-hybridized carbons (Fsp3) is 0.900. The molecule has 0 radical (unpaired) electrons. The molecule has 0 aromatic heterocycles. The Morgan fingerprint density at radius 1 is 1.47 bits per heavy atom. The predicted molar refractivity (Wildman–Crippen MR) is 56.1 cm³/mol. The quantitative estimate of drug-likeness (QED) is 0.236. The molecule has 1 rings (SSSR count). The van der Waals surface area contributed by atoms with E-state index < -0.39 is 0 Å². The third kappa shape index (κ3) is 3.44. The van der Waals surface area contributed by atoms with Crippen LogP contribution in [0.2, 0.25) is 0 Å². The van der Waals surface area contributed by atoms with E-state index in [1.807, 2.05) is 0 Å². The second-order valence-electron chi connectivity index (χ2n) is 3.77. The lowest BCUT2D eigenvalue weighted by Gasteiger charge is -2.18. The average molecular weight is 211 g/mol. The van der Waals surface area contributed by atoms with Gasteiger partial charge in [0, 0.05) is 4.91 Å². The molecular weight excluding hydrogens is 194 g/mol. The van der Waals surface area contributed by atoms with Gasteiger partial charge in [-0.05, 0) is 25.3 Å². The van der Waals surface area contributed by atoms with E-state index in [0.29, 0.717) is 6.61 Å². The Morgan fingerprint density at radius 3 is 2.87 bits per heavy atom. The molecule has 0 aromatic rings.